The number of hydrogen-bond donors (Lipinski definition) is 0. The van der Waals surface area contributed by atoms with Gasteiger partial charge in [-0.2, -0.15) is 4.99 Å². The molecule has 0 N–H and O–H groups in total. The topological polar surface area (TPSA) is 65.0 Å². The predicted molar refractivity (Wildman–Crippen MR) is 77.6 cm³/mol. The summed E-state index contributed by atoms with van der Waals surface area (Å²) in [6.07, 6.45) is 1.50. The van der Waals surface area contributed by atoms with Crippen molar-refractivity contribution in [3.63, 3.8) is 0 Å². The zero-order chi connectivity index (χ0) is 15.2. The van der Waals surface area contributed by atoms with E-state index >= 15 is 0 Å². The minimum absolute atomic E-state index is 0.333. The van der Waals surface area contributed by atoms with E-state index in [9.17, 15) is 9.59 Å². The van der Waals surface area contributed by atoms with Gasteiger partial charge in [-0.3, -0.25) is 0 Å². The molecule has 0 radical (unpaired) electrons. The van der Waals surface area contributed by atoms with Gasteiger partial charge >= 0.3 is 5.97 Å². The lowest BCUT2D eigenvalue weighted by Gasteiger charge is -2.11. The molecule has 0 heterocycles. The highest BCUT2D eigenvalue weighted by molar-refractivity contribution is 6.00. The number of esters is 1. The lowest BCUT2D eigenvalue weighted by molar-refractivity contribution is 0.0601. The van der Waals surface area contributed by atoms with Crippen LogP contribution in [-0.4, -0.2) is 26.3 Å². The maximum Gasteiger partial charge on any atom is 0.338 e. The molecule has 0 fully saturated rings. The lowest BCUT2D eigenvalue weighted by Crippen LogP contribution is -2.03. The smallest absolute Gasteiger partial charge is 0.338 e. The molecule has 5 nitrogen and oxygen atoms in total. The summed E-state index contributed by atoms with van der Waals surface area (Å²) in [5, 5.41) is 0. The summed E-state index contributed by atoms with van der Waals surface area (Å²) in [6, 6.07) is 12.0. The van der Waals surface area contributed by atoms with Gasteiger partial charge in [0.2, 0.25) is 6.08 Å². The molecule has 0 saturated heterocycles. The van der Waals surface area contributed by atoms with Crippen LogP contribution in [0.25, 0.3) is 11.1 Å². The number of hydrogen-bond acceptors (Lipinski definition) is 5. The van der Waals surface area contributed by atoms with Crippen LogP contribution >= 0.6 is 0 Å². The lowest BCUT2D eigenvalue weighted by atomic mass is 9.97. The summed E-state index contributed by atoms with van der Waals surface area (Å²) in [5.41, 5.74) is 1.94. The Morgan fingerprint density at radius 1 is 1.10 bits per heavy atom. The van der Waals surface area contributed by atoms with Crippen molar-refractivity contribution < 1.29 is 19.1 Å². The van der Waals surface area contributed by atoms with E-state index < -0.39 is 5.97 Å². The molecule has 0 atom stereocenters. The van der Waals surface area contributed by atoms with Gasteiger partial charge in [0.25, 0.3) is 0 Å². The molecular formula is C16H13NO4. The molecule has 0 amide bonds. The van der Waals surface area contributed by atoms with E-state index in [1.165, 1.54) is 13.2 Å². The second-order valence-corrected chi connectivity index (χ2v) is 4.12. The van der Waals surface area contributed by atoms with E-state index in [-0.39, 0.29) is 0 Å². The van der Waals surface area contributed by atoms with Gasteiger partial charge in [-0.25, -0.2) is 9.59 Å². The summed E-state index contributed by atoms with van der Waals surface area (Å²) >= 11 is 0. The maximum atomic E-state index is 11.9. The fraction of sp³-hybridized carbons (Fsp3) is 0.125. The SMILES string of the molecule is COC(=O)c1cccc(N=C=O)c1-c1ccc(OC)cc1. The molecule has 0 aromatic heterocycles. The van der Waals surface area contributed by atoms with E-state index in [4.69, 9.17) is 9.47 Å². The zero-order valence-corrected chi connectivity index (χ0v) is 11.6. The van der Waals surface area contributed by atoms with Crippen LogP contribution in [0.5, 0.6) is 5.75 Å². The summed E-state index contributed by atoms with van der Waals surface area (Å²) < 4.78 is 9.88. The van der Waals surface area contributed by atoms with Crippen molar-refractivity contribution in [2.75, 3.05) is 14.2 Å². The van der Waals surface area contributed by atoms with E-state index in [2.05, 4.69) is 4.99 Å². The van der Waals surface area contributed by atoms with Gasteiger partial charge in [0.15, 0.2) is 0 Å². The van der Waals surface area contributed by atoms with E-state index in [0.29, 0.717) is 22.6 Å². The van der Waals surface area contributed by atoms with Crippen LogP contribution in [0, 0.1) is 0 Å². The molecule has 0 aliphatic heterocycles. The Morgan fingerprint density at radius 3 is 2.38 bits per heavy atom. The Hall–Kier alpha value is -2.91. The van der Waals surface area contributed by atoms with Gasteiger partial charge in [0.05, 0.1) is 25.5 Å². The second-order valence-electron chi connectivity index (χ2n) is 4.12. The number of methoxy groups -OCH3 is 2. The first-order valence-corrected chi connectivity index (χ1v) is 6.15. The van der Waals surface area contributed by atoms with Gasteiger partial charge < -0.3 is 9.47 Å². The van der Waals surface area contributed by atoms with Crippen LogP contribution in [0.2, 0.25) is 0 Å². The number of carbonyl (C=O) groups is 1. The number of benzene rings is 2. The van der Waals surface area contributed by atoms with Crippen molar-refractivity contribution >= 4 is 17.7 Å². The standard InChI is InChI=1S/C16H13NO4/c1-20-12-8-6-11(7-9-12)15-13(16(19)21-2)4-3-5-14(15)17-10-18/h3-9H,1-2H3. The van der Waals surface area contributed by atoms with Crippen LogP contribution in [0.4, 0.5) is 5.69 Å². The Bertz CT molecular complexity index is 701. The molecule has 0 unspecified atom stereocenters. The number of carbonyl (C=O) groups excluding carboxylic acids is 2. The third-order valence-corrected chi connectivity index (χ3v) is 2.99. The van der Waals surface area contributed by atoms with Crippen LogP contribution in [0.3, 0.4) is 0 Å². The predicted octanol–water partition coefficient (Wildman–Crippen LogP) is 3.12. The molecule has 106 valence electrons. The summed E-state index contributed by atoms with van der Waals surface area (Å²) in [4.78, 5) is 26.1. The van der Waals surface area contributed by atoms with Gasteiger partial charge in [-0.1, -0.05) is 18.2 Å². The summed E-state index contributed by atoms with van der Waals surface area (Å²) in [7, 11) is 2.87. The third-order valence-electron chi connectivity index (χ3n) is 2.99. The second kappa shape index (κ2) is 6.50. The molecule has 2 rings (SSSR count). The highest BCUT2D eigenvalue weighted by Crippen LogP contribution is 2.34. The molecule has 0 bridgehead atoms. The van der Waals surface area contributed by atoms with E-state index in [1.54, 1.807) is 49.6 Å². The molecular weight excluding hydrogens is 270 g/mol. The zero-order valence-electron chi connectivity index (χ0n) is 11.6. The fourth-order valence-electron chi connectivity index (χ4n) is 2.02. The number of aliphatic imine (C=N–C) groups is 1. The number of nitrogens with zero attached hydrogens (tertiary/aromatic N) is 1. The summed E-state index contributed by atoms with van der Waals surface area (Å²) in [5.74, 6) is 0.193. The Labute approximate surface area is 121 Å². The van der Waals surface area contributed by atoms with Gasteiger partial charge in [-0.05, 0) is 29.8 Å². The van der Waals surface area contributed by atoms with Crippen molar-refractivity contribution in [1.82, 2.24) is 0 Å². The Kier molecular flexibility index (Phi) is 4.49. The highest BCUT2D eigenvalue weighted by atomic mass is 16.5. The van der Waals surface area contributed by atoms with Crippen LogP contribution in [0.15, 0.2) is 47.5 Å². The Morgan fingerprint density at radius 2 is 1.81 bits per heavy atom. The molecule has 0 saturated carbocycles. The van der Waals surface area contributed by atoms with Crippen molar-refractivity contribution in [1.29, 1.82) is 0 Å². The van der Waals surface area contributed by atoms with Crippen LogP contribution < -0.4 is 4.74 Å². The van der Waals surface area contributed by atoms with Crippen molar-refractivity contribution in [2.45, 2.75) is 0 Å². The molecule has 5 heteroatoms. The molecule has 0 spiro atoms. The van der Waals surface area contributed by atoms with E-state index in [1.807, 2.05) is 0 Å². The first-order valence-electron chi connectivity index (χ1n) is 6.15. The average molecular weight is 283 g/mol. The first kappa shape index (κ1) is 14.5. The van der Waals surface area contributed by atoms with Gasteiger partial charge in [-0.15, -0.1) is 0 Å². The third kappa shape index (κ3) is 2.99. The number of rotatable bonds is 4. The largest absolute Gasteiger partial charge is 0.497 e. The van der Waals surface area contributed by atoms with Crippen molar-refractivity contribution in [2.24, 2.45) is 4.99 Å². The fourth-order valence-corrected chi connectivity index (χ4v) is 2.02. The molecule has 0 aliphatic carbocycles. The minimum atomic E-state index is -0.497. The highest BCUT2D eigenvalue weighted by Gasteiger charge is 2.17. The van der Waals surface area contributed by atoms with Gasteiger partial charge in [0, 0.05) is 5.56 Å². The molecule has 2 aromatic carbocycles. The molecule has 2 aromatic rings. The monoisotopic (exact) mass is 283 g/mol. The number of ether oxygens (including phenoxy) is 2. The van der Waals surface area contributed by atoms with Crippen molar-refractivity contribution in [3.05, 3.63) is 48.0 Å². The average Bonchev–Trinajstić information content (AvgIpc) is 2.54. The van der Waals surface area contributed by atoms with Crippen LogP contribution in [0.1, 0.15) is 10.4 Å². The quantitative estimate of drug-likeness (QED) is 0.491. The van der Waals surface area contributed by atoms with Crippen molar-refractivity contribution in [3.8, 4) is 16.9 Å². The summed E-state index contributed by atoms with van der Waals surface area (Å²) in [6.45, 7) is 0. The molecule has 21 heavy (non-hydrogen) atoms. The first-order chi connectivity index (χ1) is 10.2. The van der Waals surface area contributed by atoms with E-state index in [0.717, 1.165) is 5.56 Å². The Balaban J connectivity index is 2.67. The minimum Gasteiger partial charge on any atom is -0.497 e. The van der Waals surface area contributed by atoms with Crippen LogP contribution in [-0.2, 0) is 9.53 Å². The molecule has 0 aliphatic rings. The normalized spacial score (nSPS) is 9.62. The van der Waals surface area contributed by atoms with Gasteiger partial charge in [0.1, 0.15) is 5.75 Å². The number of isocyanates is 1. The maximum absolute atomic E-state index is 11.9.